The van der Waals surface area contributed by atoms with E-state index < -0.39 is 0 Å². The monoisotopic (exact) mass is 265 g/mol. The van der Waals surface area contributed by atoms with E-state index in [0.29, 0.717) is 12.1 Å². The second kappa shape index (κ2) is 6.63. The van der Waals surface area contributed by atoms with Crippen molar-refractivity contribution in [3.63, 3.8) is 0 Å². The van der Waals surface area contributed by atoms with Crippen molar-refractivity contribution < 1.29 is 0 Å². The summed E-state index contributed by atoms with van der Waals surface area (Å²) < 4.78 is 0. The molecule has 0 bridgehead atoms. The summed E-state index contributed by atoms with van der Waals surface area (Å²) in [5.41, 5.74) is 10.7. The normalized spacial score (nSPS) is 10.0. The van der Waals surface area contributed by atoms with Crippen LogP contribution in [0.4, 0.5) is 17.1 Å². The van der Waals surface area contributed by atoms with Gasteiger partial charge < -0.3 is 11.1 Å². The van der Waals surface area contributed by atoms with Crippen LogP contribution >= 0.6 is 0 Å². The Morgan fingerprint density at radius 2 is 1.80 bits per heavy atom. The van der Waals surface area contributed by atoms with Gasteiger partial charge in [-0.1, -0.05) is 25.5 Å². The Hall–Kier alpha value is -2.47. The van der Waals surface area contributed by atoms with E-state index in [1.807, 2.05) is 18.2 Å². The van der Waals surface area contributed by atoms with E-state index in [1.54, 1.807) is 0 Å². The fourth-order valence-corrected chi connectivity index (χ4v) is 2.13. The first-order chi connectivity index (χ1) is 9.72. The Morgan fingerprint density at radius 1 is 1.10 bits per heavy atom. The van der Waals surface area contributed by atoms with Gasteiger partial charge in [0.25, 0.3) is 0 Å². The molecule has 2 aromatic rings. The molecule has 0 fully saturated rings. The first-order valence-corrected chi connectivity index (χ1v) is 6.84. The van der Waals surface area contributed by atoms with Crippen LogP contribution in [0.1, 0.15) is 24.5 Å². The number of nitrogen functional groups attached to an aromatic ring is 1. The second-order valence-electron chi connectivity index (χ2n) is 4.82. The second-order valence-corrected chi connectivity index (χ2v) is 4.82. The Balaban J connectivity index is 2.13. The van der Waals surface area contributed by atoms with Crippen LogP contribution in [-0.2, 0) is 12.8 Å². The number of benzene rings is 2. The molecule has 0 aliphatic rings. The van der Waals surface area contributed by atoms with Crippen LogP contribution in [0.25, 0.3) is 0 Å². The molecule has 0 radical (unpaired) electrons. The third-order valence-corrected chi connectivity index (χ3v) is 3.19. The molecule has 0 saturated carbocycles. The van der Waals surface area contributed by atoms with E-state index in [4.69, 9.17) is 11.0 Å². The summed E-state index contributed by atoms with van der Waals surface area (Å²) in [5, 5.41) is 12.1. The molecule has 20 heavy (non-hydrogen) atoms. The van der Waals surface area contributed by atoms with Gasteiger partial charge in [-0.3, -0.25) is 0 Å². The lowest BCUT2D eigenvalue weighted by Gasteiger charge is -2.10. The fraction of sp³-hybridized carbons (Fsp3) is 0.235. The average Bonchev–Trinajstić information content (AvgIpc) is 2.45. The van der Waals surface area contributed by atoms with Crippen molar-refractivity contribution in [3.8, 4) is 6.07 Å². The minimum absolute atomic E-state index is 0.330. The van der Waals surface area contributed by atoms with Gasteiger partial charge >= 0.3 is 0 Å². The van der Waals surface area contributed by atoms with Gasteiger partial charge in [-0.05, 0) is 47.9 Å². The van der Waals surface area contributed by atoms with Gasteiger partial charge in [0.1, 0.15) is 0 Å². The number of nitrogens with zero attached hydrogens (tertiary/aromatic N) is 1. The third kappa shape index (κ3) is 3.52. The molecule has 0 spiro atoms. The van der Waals surface area contributed by atoms with Gasteiger partial charge in [0.05, 0.1) is 12.5 Å². The molecule has 3 N–H and O–H groups in total. The summed E-state index contributed by atoms with van der Waals surface area (Å²) in [4.78, 5) is 0. The molecule has 0 amide bonds. The zero-order chi connectivity index (χ0) is 14.4. The highest BCUT2D eigenvalue weighted by atomic mass is 14.9. The summed E-state index contributed by atoms with van der Waals surface area (Å²) in [6.07, 6.45) is 2.59. The molecule has 2 aromatic carbocycles. The summed E-state index contributed by atoms with van der Waals surface area (Å²) in [5.74, 6) is 0. The maximum absolute atomic E-state index is 8.78. The molecule has 0 heterocycles. The summed E-state index contributed by atoms with van der Waals surface area (Å²) in [6.45, 7) is 2.18. The summed E-state index contributed by atoms with van der Waals surface area (Å²) in [6, 6.07) is 16.2. The maximum Gasteiger partial charge on any atom is 0.0670 e. The number of aryl methyl sites for hydroxylation is 1. The van der Waals surface area contributed by atoms with Crippen molar-refractivity contribution >= 4 is 17.1 Å². The number of hydrogen-bond donors (Lipinski definition) is 2. The molecule has 3 heteroatoms. The van der Waals surface area contributed by atoms with E-state index in [1.165, 1.54) is 5.56 Å². The molecular weight excluding hydrogens is 246 g/mol. The predicted octanol–water partition coefficient (Wildman–Crippen LogP) is 4.03. The zero-order valence-corrected chi connectivity index (χ0v) is 11.7. The summed E-state index contributed by atoms with van der Waals surface area (Å²) >= 11 is 0. The van der Waals surface area contributed by atoms with Crippen molar-refractivity contribution in [2.24, 2.45) is 0 Å². The van der Waals surface area contributed by atoms with Crippen molar-refractivity contribution in [1.29, 1.82) is 5.26 Å². The van der Waals surface area contributed by atoms with Crippen molar-refractivity contribution in [3.05, 3.63) is 53.6 Å². The molecule has 0 unspecified atom stereocenters. The zero-order valence-electron chi connectivity index (χ0n) is 11.7. The van der Waals surface area contributed by atoms with Gasteiger partial charge in [0.2, 0.25) is 0 Å². The van der Waals surface area contributed by atoms with E-state index in [-0.39, 0.29) is 0 Å². The number of anilines is 3. The fourth-order valence-electron chi connectivity index (χ4n) is 2.13. The van der Waals surface area contributed by atoms with Crippen molar-refractivity contribution in [2.75, 3.05) is 11.1 Å². The standard InChI is InChI=1S/C17H19N3/c1-2-3-13-4-6-15(7-5-13)20-16-8-9-17(19)14(12-16)10-11-18/h4-9,12,20H,2-3,10,19H2,1H3. The number of nitrogens with two attached hydrogens (primary N) is 1. The molecular formula is C17H19N3. The van der Waals surface area contributed by atoms with Crippen LogP contribution in [0.15, 0.2) is 42.5 Å². The number of nitriles is 1. The van der Waals surface area contributed by atoms with Gasteiger partial charge in [0.15, 0.2) is 0 Å². The Labute approximate surface area is 120 Å². The van der Waals surface area contributed by atoms with Crippen LogP contribution in [-0.4, -0.2) is 0 Å². The lowest BCUT2D eigenvalue weighted by atomic mass is 10.1. The highest BCUT2D eigenvalue weighted by molar-refractivity contribution is 5.64. The van der Waals surface area contributed by atoms with Crippen molar-refractivity contribution in [2.45, 2.75) is 26.2 Å². The lowest BCUT2D eigenvalue weighted by Crippen LogP contribution is -1.96. The van der Waals surface area contributed by atoms with Crippen LogP contribution < -0.4 is 11.1 Å². The topological polar surface area (TPSA) is 61.8 Å². The third-order valence-electron chi connectivity index (χ3n) is 3.19. The maximum atomic E-state index is 8.78. The molecule has 0 atom stereocenters. The van der Waals surface area contributed by atoms with Crippen LogP contribution in [0.3, 0.4) is 0 Å². The first kappa shape index (κ1) is 14.0. The quantitative estimate of drug-likeness (QED) is 0.802. The lowest BCUT2D eigenvalue weighted by molar-refractivity contribution is 0.922. The van der Waals surface area contributed by atoms with E-state index in [9.17, 15) is 0 Å². The minimum Gasteiger partial charge on any atom is -0.398 e. The molecule has 102 valence electrons. The van der Waals surface area contributed by atoms with Crippen LogP contribution in [0, 0.1) is 11.3 Å². The number of hydrogen-bond acceptors (Lipinski definition) is 3. The van der Waals surface area contributed by atoms with E-state index in [0.717, 1.165) is 29.8 Å². The number of nitrogens with one attached hydrogen (secondary N) is 1. The Bertz CT molecular complexity index is 609. The molecule has 0 aliphatic heterocycles. The van der Waals surface area contributed by atoms with E-state index in [2.05, 4.69) is 42.6 Å². The van der Waals surface area contributed by atoms with Crippen LogP contribution in [0.2, 0.25) is 0 Å². The van der Waals surface area contributed by atoms with Gasteiger partial charge in [0, 0.05) is 17.1 Å². The predicted molar refractivity (Wildman–Crippen MR) is 83.9 cm³/mol. The molecule has 0 saturated heterocycles. The van der Waals surface area contributed by atoms with Crippen LogP contribution in [0.5, 0.6) is 0 Å². The first-order valence-electron chi connectivity index (χ1n) is 6.84. The average molecular weight is 265 g/mol. The number of rotatable bonds is 5. The molecule has 2 rings (SSSR count). The van der Waals surface area contributed by atoms with Crippen molar-refractivity contribution in [1.82, 2.24) is 0 Å². The van der Waals surface area contributed by atoms with Gasteiger partial charge in [-0.2, -0.15) is 5.26 Å². The Morgan fingerprint density at radius 3 is 2.45 bits per heavy atom. The smallest absolute Gasteiger partial charge is 0.0670 e. The minimum atomic E-state index is 0.330. The highest BCUT2D eigenvalue weighted by Gasteiger charge is 2.01. The Kier molecular flexibility index (Phi) is 4.62. The van der Waals surface area contributed by atoms with Gasteiger partial charge in [-0.25, -0.2) is 0 Å². The molecule has 0 aliphatic carbocycles. The summed E-state index contributed by atoms with van der Waals surface area (Å²) in [7, 11) is 0. The highest BCUT2D eigenvalue weighted by Crippen LogP contribution is 2.22. The van der Waals surface area contributed by atoms with E-state index >= 15 is 0 Å². The molecule has 3 nitrogen and oxygen atoms in total. The molecule has 0 aromatic heterocycles. The SMILES string of the molecule is CCCc1ccc(Nc2ccc(N)c(CC#N)c2)cc1. The van der Waals surface area contributed by atoms with Gasteiger partial charge in [-0.15, -0.1) is 0 Å². The largest absolute Gasteiger partial charge is 0.398 e.